The van der Waals surface area contributed by atoms with Crippen LogP contribution in [0.2, 0.25) is 0 Å². The number of hydrogen-bond acceptors (Lipinski definition) is 3. The quantitative estimate of drug-likeness (QED) is 0.930. The van der Waals surface area contributed by atoms with Gasteiger partial charge >= 0.3 is 5.97 Å². The second-order valence-electron chi connectivity index (χ2n) is 3.50. The maximum atomic E-state index is 11.7. The van der Waals surface area contributed by atoms with Crippen LogP contribution in [0.4, 0.5) is 5.00 Å². The summed E-state index contributed by atoms with van der Waals surface area (Å²) in [6.45, 7) is 1.53. The molecule has 1 heterocycles. The van der Waals surface area contributed by atoms with Crippen molar-refractivity contribution in [3.8, 4) is 0 Å². The SMILES string of the molecule is CC(CC(=O)N(C)c1cc(Br)cs1)C(=O)O. The first-order valence-corrected chi connectivity index (χ1v) is 6.32. The van der Waals surface area contributed by atoms with Gasteiger partial charge in [-0.3, -0.25) is 9.59 Å². The number of anilines is 1. The van der Waals surface area contributed by atoms with Crippen molar-refractivity contribution >= 4 is 44.1 Å². The molecule has 0 aliphatic carbocycles. The fraction of sp³-hybridized carbons (Fsp3) is 0.400. The van der Waals surface area contributed by atoms with E-state index in [9.17, 15) is 9.59 Å². The van der Waals surface area contributed by atoms with E-state index in [4.69, 9.17) is 5.11 Å². The zero-order chi connectivity index (χ0) is 12.3. The summed E-state index contributed by atoms with van der Waals surface area (Å²) in [5.41, 5.74) is 0. The van der Waals surface area contributed by atoms with Gasteiger partial charge < -0.3 is 10.0 Å². The zero-order valence-corrected chi connectivity index (χ0v) is 11.3. The Hall–Kier alpha value is -0.880. The third kappa shape index (κ3) is 3.31. The Bertz CT molecular complexity index is 405. The Balaban J connectivity index is 2.64. The number of carbonyl (C=O) groups is 2. The third-order valence-electron chi connectivity index (χ3n) is 2.16. The summed E-state index contributed by atoms with van der Waals surface area (Å²) in [7, 11) is 1.65. The molecule has 0 saturated heterocycles. The molecular formula is C10H12BrNO3S. The topological polar surface area (TPSA) is 57.6 Å². The number of nitrogens with zero attached hydrogens (tertiary/aromatic N) is 1. The highest BCUT2D eigenvalue weighted by Crippen LogP contribution is 2.28. The number of amides is 1. The van der Waals surface area contributed by atoms with Gasteiger partial charge in [-0.2, -0.15) is 0 Å². The van der Waals surface area contributed by atoms with Gasteiger partial charge in [-0.25, -0.2) is 0 Å². The van der Waals surface area contributed by atoms with Gasteiger partial charge in [0, 0.05) is 23.3 Å². The van der Waals surface area contributed by atoms with Gasteiger partial charge in [0.25, 0.3) is 0 Å². The summed E-state index contributed by atoms with van der Waals surface area (Å²) in [4.78, 5) is 23.8. The van der Waals surface area contributed by atoms with Crippen molar-refractivity contribution in [1.82, 2.24) is 0 Å². The van der Waals surface area contributed by atoms with E-state index in [2.05, 4.69) is 15.9 Å². The second kappa shape index (κ2) is 5.45. The Morgan fingerprint density at radius 1 is 1.62 bits per heavy atom. The highest BCUT2D eigenvalue weighted by Gasteiger charge is 2.20. The Morgan fingerprint density at radius 2 is 2.25 bits per heavy atom. The van der Waals surface area contributed by atoms with E-state index in [1.54, 1.807) is 7.05 Å². The number of carbonyl (C=O) groups excluding carboxylic acids is 1. The minimum absolute atomic E-state index is 0.0152. The van der Waals surface area contributed by atoms with Crippen LogP contribution in [0, 0.1) is 5.92 Å². The summed E-state index contributed by atoms with van der Waals surface area (Å²) in [6, 6.07) is 1.83. The second-order valence-corrected chi connectivity index (χ2v) is 5.30. The van der Waals surface area contributed by atoms with Crippen molar-refractivity contribution in [3.05, 3.63) is 15.9 Å². The molecule has 0 spiro atoms. The maximum absolute atomic E-state index is 11.7. The normalized spacial score (nSPS) is 12.2. The lowest BCUT2D eigenvalue weighted by Crippen LogP contribution is -2.28. The summed E-state index contributed by atoms with van der Waals surface area (Å²) >= 11 is 4.73. The lowest BCUT2D eigenvalue weighted by atomic mass is 10.1. The molecule has 1 aromatic heterocycles. The van der Waals surface area contributed by atoms with Crippen LogP contribution in [-0.2, 0) is 9.59 Å². The molecule has 0 radical (unpaired) electrons. The minimum Gasteiger partial charge on any atom is -0.481 e. The molecule has 1 atom stereocenters. The van der Waals surface area contributed by atoms with Gasteiger partial charge in [0.05, 0.1) is 10.9 Å². The van der Waals surface area contributed by atoms with Crippen molar-refractivity contribution < 1.29 is 14.7 Å². The number of carboxylic acid groups (broad SMARTS) is 1. The van der Waals surface area contributed by atoms with E-state index in [0.717, 1.165) is 9.47 Å². The Kier molecular flexibility index (Phi) is 4.49. The van der Waals surface area contributed by atoms with E-state index in [1.165, 1.54) is 23.2 Å². The number of aliphatic carboxylic acids is 1. The molecule has 1 amide bonds. The Morgan fingerprint density at radius 3 is 2.69 bits per heavy atom. The highest BCUT2D eigenvalue weighted by atomic mass is 79.9. The molecule has 0 aliphatic rings. The van der Waals surface area contributed by atoms with Gasteiger partial charge in [0.2, 0.25) is 5.91 Å². The first-order chi connectivity index (χ1) is 7.41. The lowest BCUT2D eigenvalue weighted by molar-refractivity contribution is -0.143. The fourth-order valence-electron chi connectivity index (χ4n) is 1.09. The summed E-state index contributed by atoms with van der Waals surface area (Å²) in [5, 5.41) is 11.4. The van der Waals surface area contributed by atoms with Crippen LogP contribution in [0.15, 0.2) is 15.9 Å². The van der Waals surface area contributed by atoms with E-state index < -0.39 is 11.9 Å². The van der Waals surface area contributed by atoms with Gasteiger partial charge in [-0.15, -0.1) is 11.3 Å². The minimum atomic E-state index is -0.950. The van der Waals surface area contributed by atoms with Crippen LogP contribution in [0.25, 0.3) is 0 Å². The fourth-order valence-corrected chi connectivity index (χ4v) is 2.49. The predicted octanol–water partition coefficient (Wildman–Crippen LogP) is 2.58. The molecule has 1 aromatic rings. The van der Waals surface area contributed by atoms with Crippen molar-refractivity contribution in [2.45, 2.75) is 13.3 Å². The Labute approximate surface area is 106 Å². The molecular weight excluding hydrogens is 294 g/mol. The summed E-state index contributed by atoms with van der Waals surface area (Å²) < 4.78 is 0.915. The number of rotatable bonds is 4. The molecule has 0 fully saturated rings. The van der Waals surface area contributed by atoms with Crippen molar-refractivity contribution in [3.63, 3.8) is 0 Å². The number of carboxylic acids is 1. The standard InChI is InChI=1S/C10H12BrNO3S/c1-6(10(14)15)3-8(13)12(2)9-4-7(11)5-16-9/h4-6H,3H2,1-2H3,(H,14,15). The molecule has 6 heteroatoms. The maximum Gasteiger partial charge on any atom is 0.306 e. The summed E-state index contributed by atoms with van der Waals surface area (Å²) in [5.74, 6) is -1.79. The average molecular weight is 306 g/mol. The van der Waals surface area contributed by atoms with Crippen molar-refractivity contribution in [2.24, 2.45) is 5.92 Å². The van der Waals surface area contributed by atoms with Gasteiger partial charge in [0.15, 0.2) is 0 Å². The van der Waals surface area contributed by atoms with E-state index in [0.29, 0.717) is 0 Å². The average Bonchev–Trinajstić information content (AvgIpc) is 2.63. The molecule has 0 saturated carbocycles. The smallest absolute Gasteiger partial charge is 0.306 e. The summed E-state index contributed by atoms with van der Waals surface area (Å²) in [6.07, 6.45) is 0.0152. The largest absolute Gasteiger partial charge is 0.481 e. The van der Waals surface area contributed by atoms with Gasteiger partial charge in [-0.05, 0) is 22.0 Å². The first kappa shape index (κ1) is 13.2. The van der Waals surface area contributed by atoms with Crippen molar-refractivity contribution in [1.29, 1.82) is 0 Å². The molecule has 1 unspecified atom stereocenters. The number of hydrogen-bond donors (Lipinski definition) is 1. The van der Waals surface area contributed by atoms with Gasteiger partial charge in [0.1, 0.15) is 0 Å². The van der Waals surface area contributed by atoms with E-state index >= 15 is 0 Å². The predicted molar refractivity (Wildman–Crippen MR) is 66.8 cm³/mol. The van der Waals surface area contributed by atoms with Gasteiger partial charge in [-0.1, -0.05) is 6.92 Å². The van der Waals surface area contributed by atoms with Crippen LogP contribution in [0.5, 0.6) is 0 Å². The third-order valence-corrected chi connectivity index (χ3v) is 3.93. The van der Waals surface area contributed by atoms with Crippen molar-refractivity contribution in [2.75, 3.05) is 11.9 Å². The molecule has 16 heavy (non-hydrogen) atoms. The molecule has 88 valence electrons. The molecule has 0 aliphatic heterocycles. The monoisotopic (exact) mass is 305 g/mol. The molecule has 1 rings (SSSR count). The molecule has 4 nitrogen and oxygen atoms in total. The van der Waals surface area contributed by atoms with Crippen LogP contribution in [-0.4, -0.2) is 24.0 Å². The molecule has 0 aromatic carbocycles. The lowest BCUT2D eigenvalue weighted by Gasteiger charge is -2.16. The van der Waals surface area contributed by atoms with E-state index in [-0.39, 0.29) is 12.3 Å². The number of thiophene rings is 1. The van der Waals surface area contributed by atoms with E-state index in [1.807, 2.05) is 11.4 Å². The number of halogens is 1. The van der Waals surface area contributed by atoms with Crippen LogP contribution >= 0.6 is 27.3 Å². The molecule has 1 N–H and O–H groups in total. The first-order valence-electron chi connectivity index (χ1n) is 4.65. The van der Waals surface area contributed by atoms with Crippen LogP contribution in [0.1, 0.15) is 13.3 Å². The zero-order valence-electron chi connectivity index (χ0n) is 8.94. The molecule has 0 bridgehead atoms. The van der Waals surface area contributed by atoms with Crippen LogP contribution < -0.4 is 4.90 Å². The highest BCUT2D eigenvalue weighted by molar-refractivity contribution is 9.10. The van der Waals surface area contributed by atoms with Crippen LogP contribution in [0.3, 0.4) is 0 Å².